The fraction of sp³-hybridized carbons (Fsp3) is 1.00. The Balaban J connectivity index is 2.20. The van der Waals surface area contributed by atoms with Gasteiger partial charge in [0.05, 0.1) is 6.10 Å². The van der Waals surface area contributed by atoms with Crippen molar-refractivity contribution in [1.29, 1.82) is 0 Å². The summed E-state index contributed by atoms with van der Waals surface area (Å²) in [7, 11) is 0. The molecule has 1 aliphatic rings. The molecule has 0 aromatic carbocycles. The molecule has 1 fully saturated rings. The quantitative estimate of drug-likeness (QED) is 0.631. The molecule has 1 unspecified atom stereocenters. The molecule has 12 heavy (non-hydrogen) atoms. The molecule has 0 aromatic heterocycles. The molecular formula is C9H20N2O. The first kappa shape index (κ1) is 9.96. The van der Waals surface area contributed by atoms with Crippen LogP contribution in [0.15, 0.2) is 0 Å². The first-order valence-corrected chi connectivity index (χ1v) is 4.94. The molecule has 0 aliphatic carbocycles. The smallest absolute Gasteiger partial charge is 0.0664 e. The molecule has 1 aliphatic heterocycles. The van der Waals surface area contributed by atoms with Crippen molar-refractivity contribution in [3.05, 3.63) is 0 Å². The van der Waals surface area contributed by atoms with Crippen LogP contribution in [0.3, 0.4) is 0 Å². The Kier molecular flexibility index (Phi) is 4.58. The number of hydrogen-bond donors (Lipinski definition) is 2. The SMILES string of the molecule is CCC(O)CN1CCCNCC1. The number of aliphatic hydroxyl groups excluding tert-OH is 1. The van der Waals surface area contributed by atoms with Gasteiger partial charge in [-0.1, -0.05) is 6.92 Å². The zero-order valence-corrected chi connectivity index (χ0v) is 7.92. The van der Waals surface area contributed by atoms with Gasteiger partial charge >= 0.3 is 0 Å². The molecule has 3 heteroatoms. The average molecular weight is 172 g/mol. The van der Waals surface area contributed by atoms with Crippen LogP contribution < -0.4 is 5.32 Å². The van der Waals surface area contributed by atoms with Crippen LogP contribution in [0.4, 0.5) is 0 Å². The third-order valence-corrected chi connectivity index (χ3v) is 2.37. The zero-order chi connectivity index (χ0) is 8.81. The first-order chi connectivity index (χ1) is 5.83. The van der Waals surface area contributed by atoms with Gasteiger partial charge in [-0.3, -0.25) is 4.90 Å². The molecular weight excluding hydrogens is 152 g/mol. The molecule has 0 saturated carbocycles. The Morgan fingerprint density at radius 3 is 3.00 bits per heavy atom. The highest BCUT2D eigenvalue weighted by atomic mass is 16.3. The van der Waals surface area contributed by atoms with Gasteiger partial charge in [-0.15, -0.1) is 0 Å². The van der Waals surface area contributed by atoms with Crippen molar-refractivity contribution in [3.8, 4) is 0 Å². The molecule has 3 nitrogen and oxygen atoms in total. The highest BCUT2D eigenvalue weighted by Gasteiger charge is 2.11. The summed E-state index contributed by atoms with van der Waals surface area (Å²) >= 11 is 0. The second-order valence-electron chi connectivity index (χ2n) is 3.47. The summed E-state index contributed by atoms with van der Waals surface area (Å²) in [5.74, 6) is 0. The number of β-amino-alcohol motifs (C(OH)–C–C–N with tert-alkyl or cyclic N) is 1. The summed E-state index contributed by atoms with van der Waals surface area (Å²) in [6.07, 6.45) is 1.93. The fourth-order valence-corrected chi connectivity index (χ4v) is 1.51. The van der Waals surface area contributed by atoms with Crippen molar-refractivity contribution in [2.75, 3.05) is 32.7 Å². The summed E-state index contributed by atoms with van der Waals surface area (Å²) < 4.78 is 0. The summed E-state index contributed by atoms with van der Waals surface area (Å²) in [6, 6.07) is 0. The Labute approximate surface area is 74.8 Å². The summed E-state index contributed by atoms with van der Waals surface area (Å²) in [6.45, 7) is 7.27. The average Bonchev–Trinajstić information content (AvgIpc) is 2.33. The summed E-state index contributed by atoms with van der Waals surface area (Å²) in [5.41, 5.74) is 0. The van der Waals surface area contributed by atoms with E-state index in [1.807, 2.05) is 6.92 Å². The van der Waals surface area contributed by atoms with E-state index in [1.165, 1.54) is 6.42 Å². The van der Waals surface area contributed by atoms with Crippen LogP contribution in [0.25, 0.3) is 0 Å². The highest BCUT2D eigenvalue weighted by molar-refractivity contribution is 4.68. The maximum absolute atomic E-state index is 9.44. The maximum atomic E-state index is 9.44. The Morgan fingerprint density at radius 1 is 1.42 bits per heavy atom. The van der Waals surface area contributed by atoms with Crippen molar-refractivity contribution < 1.29 is 5.11 Å². The Hall–Kier alpha value is -0.120. The van der Waals surface area contributed by atoms with Crippen molar-refractivity contribution in [3.63, 3.8) is 0 Å². The van der Waals surface area contributed by atoms with Crippen LogP contribution in [0.2, 0.25) is 0 Å². The molecule has 0 aromatic rings. The van der Waals surface area contributed by atoms with E-state index in [0.717, 1.165) is 39.1 Å². The maximum Gasteiger partial charge on any atom is 0.0664 e. The number of hydrogen-bond acceptors (Lipinski definition) is 3. The topological polar surface area (TPSA) is 35.5 Å². The van der Waals surface area contributed by atoms with Gasteiger partial charge < -0.3 is 10.4 Å². The van der Waals surface area contributed by atoms with Crippen LogP contribution in [0.5, 0.6) is 0 Å². The van der Waals surface area contributed by atoms with Gasteiger partial charge in [0.15, 0.2) is 0 Å². The van der Waals surface area contributed by atoms with Gasteiger partial charge in [-0.25, -0.2) is 0 Å². The van der Waals surface area contributed by atoms with Crippen molar-refractivity contribution in [1.82, 2.24) is 10.2 Å². The molecule has 1 heterocycles. The lowest BCUT2D eigenvalue weighted by Crippen LogP contribution is -2.34. The van der Waals surface area contributed by atoms with E-state index in [1.54, 1.807) is 0 Å². The van der Waals surface area contributed by atoms with Crippen molar-refractivity contribution in [2.45, 2.75) is 25.9 Å². The molecule has 0 bridgehead atoms. The predicted octanol–water partition coefficient (Wildman–Crippen LogP) is 0.0526. The van der Waals surface area contributed by atoms with Crippen LogP contribution in [0.1, 0.15) is 19.8 Å². The van der Waals surface area contributed by atoms with Crippen molar-refractivity contribution in [2.24, 2.45) is 0 Å². The van der Waals surface area contributed by atoms with Gasteiger partial charge in [0.25, 0.3) is 0 Å². The monoisotopic (exact) mass is 172 g/mol. The zero-order valence-electron chi connectivity index (χ0n) is 7.92. The number of nitrogens with zero attached hydrogens (tertiary/aromatic N) is 1. The molecule has 2 N–H and O–H groups in total. The highest BCUT2D eigenvalue weighted by Crippen LogP contribution is 1.99. The Morgan fingerprint density at radius 2 is 2.25 bits per heavy atom. The molecule has 0 radical (unpaired) electrons. The lowest BCUT2D eigenvalue weighted by atomic mass is 10.2. The minimum Gasteiger partial charge on any atom is -0.392 e. The predicted molar refractivity (Wildman–Crippen MR) is 50.2 cm³/mol. The summed E-state index contributed by atoms with van der Waals surface area (Å²) in [4.78, 5) is 2.34. The van der Waals surface area contributed by atoms with Crippen LogP contribution in [-0.2, 0) is 0 Å². The molecule has 0 amide bonds. The third kappa shape index (κ3) is 3.52. The van der Waals surface area contributed by atoms with Gasteiger partial charge in [-0.05, 0) is 25.9 Å². The van der Waals surface area contributed by atoms with Gasteiger partial charge in [0, 0.05) is 19.6 Å². The van der Waals surface area contributed by atoms with E-state index < -0.39 is 0 Å². The van der Waals surface area contributed by atoms with E-state index in [-0.39, 0.29) is 6.10 Å². The third-order valence-electron chi connectivity index (χ3n) is 2.37. The number of rotatable bonds is 3. The standard InChI is InChI=1S/C9H20N2O/c1-2-9(12)8-11-6-3-4-10-5-7-11/h9-10,12H,2-8H2,1H3. The van der Waals surface area contributed by atoms with E-state index in [9.17, 15) is 5.11 Å². The second-order valence-corrected chi connectivity index (χ2v) is 3.47. The minimum absolute atomic E-state index is 0.136. The first-order valence-electron chi connectivity index (χ1n) is 4.94. The largest absolute Gasteiger partial charge is 0.392 e. The van der Waals surface area contributed by atoms with E-state index >= 15 is 0 Å². The van der Waals surface area contributed by atoms with Crippen LogP contribution in [-0.4, -0.2) is 48.8 Å². The van der Waals surface area contributed by atoms with E-state index in [0.29, 0.717) is 0 Å². The normalized spacial score (nSPS) is 23.5. The lowest BCUT2D eigenvalue weighted by Gasteiger charge is -2.21. The minimum atomic E-state index is -0.136. The Bertz CT molecular complexity index is 111. The van der Waals surface area contributed by atoms with Gasteiger partial charge in [-0.2, -0.15) is 0 Å². The van der Waals surface area contributed by atoms with Crippen LogP contribution >= 0.6 is 0 Å². The number of aliphatic hydroxyl groups is 1. The molecule has 72 valence electrons. The molecule has 1 atom stereocenters. The lowest BCUT2D eigenvalue weighted by molar-refractivity contribution is 0.113. The molecule has 0 spiro atoms. The van der Waals surface area contributed by atoms with E-state index in [4.69, 9.17) is 0 Å². The molecule has 1 rings (SSSR count). The number of nitrogens with one attached hydrogen (secondary N) is 1. The molecule has 1 saturated heterocycles. The summed E-state index contributed by atoms with van der Waals surface area (Å²) in [5, 5.41) is 12.8. The van der Waals surface area contributed by atoms with Gasteiger partial charge in [0.1, 0.15) is 0 Å². The van der Waals surface area contributed by atoms with Crippen molar-refractivity contribution >= 4 is 0 Å². The van der Waals surface area contributed by atoms with Gasteiger partial charge in [0.2, 0.25) is 0 Å². The van der Waals surface area contributed by atoms with Crippen LogP contribution in [0, 0.1) is 0 Å². The fourth-order valence-electron chi connectivity index (χ4n) is 1.51. The second kappa shape index (κ2) is 5.51. The van der Waals surface area contributed by atoms with E-state index in [2.05, 4.69) is 10.2 Å².